The third-order valence-corrected chi connectivity index (χ3v) is 3.86. The number of aliphatic hydroxyl groups excluding tert-OH is 1. The lowest BCUT2D eigenvalue weighted by atomic mass is 9.98. The van der Waals surface area contributed by atoms with Gasteiger partial charge in [-0.05, 0) is 32.2 Å². The number of aliphatic hydroxyl groups is 1. The monoisotopic (exact) mass is 226 g/mol. The molecule has 2 rings (SSSR count). The van der Waals surface area contributed by atoms with Crippen LogP contribution >= 0.6 is 0 Å². The molecular weight excluding hydrogens is 204 g/mol. The van der Waals surface area contributed by atoms with Gasteiger partial charge in [-0.15, -0.1) is 0 Å². The fourth-order valence-electron chi connectivity index (χ4n) is 2.88. The largest absolute Gasteiger partial charge is 0.394 e. The van der Waals surface area contributed by atoms with Gasteiger partial charge >= 0.3 is 0 Å². The Morgan fingerprint density at radius 3 is 2.69 bits per heavy atom. The van der Waals surface area contributed by atoms with Crippen molar-refractivity contribution >= 4 is 5.91 Å². The predicted octanol–water partition coefficient (Wildman–Crippen LogP) is 0.550. The molecule has 16 heavy (non-hydrogen) atoms. The summed E-state index contributed by atoms with van der Waals surface area (Å²) in [5.74, 6) is 0.0929. The molecule has 2 aliphatic rings. The fourth-order valence-corrected chi connectivity index (χ4v) is 2.88. The van der Waals surface area contributed by atoms with Crippen LogP contribution in [0.5, 0.6) is 0 Å². The third-order valence-electron chi connectivity index (χ3n) is 3.86. The van der Waals surface area contributed by atoms with Crippen LogP contribution in [0.15, 0.2) is 0 Å². The normalized spacial score (nSPS) is 28.2. The summed E-state index contributed by atoms with van der Waals surface area (Å²) >= 11 is 0. The van der Waals surface area contributed by atoms with Gasteiger partial charge < -0.3 is 15.7 Å². The number of rotatable bonds is 4. The van der Waals surface area contributed by atoms with Crippen molar-refractivity contribution in [3.05, 3.63) is 0 Å². The molecule has 1 amide bonds. The molecule has 1 aliphatic carbocycles. The third kappa shape index (κ3) is 2.74. The van der Waals surface area contributed by atoms with Gasteiger partial charge in [-0.25, -0.2) is 0 Å². The van der Waals surface area contributed by atoms with Crippen LogP contribution in [0.25, 0.3) is 0 Å². The van der Waals surface area contributed by atoms with E-state index in [9.17, 15) is 9.90 Å². The molecule has 1 aliphatic heterocycles. The molecule has 1 heterocycles. The highest BCUT2D eigenvalue weighted by molar-refractivity contribution is 5.77. The molecule has 3 N–H and O–H groups in total. The Kier molecular flexibility index (Phi) is 3.82. The molecule has 2 fully saturated rings. The average molecular weight is 226 g/mol. The first-order valence-corrected chi connectivity index (χ1v) is 6.39. The molecule has 0 aromatic rings. The van der Waals surface area contributed by atoms with E-state index in [1.165, 1.54) is 6.42 Å². The zero-order valence-corrected chi connectivity index (χ0v) is 9.80. The van der Waals surface area contributed by atoms with Crippen molar-refractivity contribution in [1.82, 2.24) is 10.6 Å². The van der Waals surface area contributed by atoms with Crippen LogP contribution in [-0.4, -0.2) is 35.7 Å². The molecule has 1 saturated heterocycles. The fraction of sp³-hybridized carbons (Fsp3) is 0.917. The van der Waals surface area contributed by atoms with Crippen molar-refractivity contribution in [3.8, 4) is 0 Å². The summed E-state index contributed by atoms with van der Waals surface area (Å²) in [5.41, 5.74) is -0.310. The Morgan fingerprint density at radius 2 is 2.12 bits per heavy atom. The quantitative estimate of drug-likeness (QED) is 0.656. The molecule has 0 aromatic carbocycles. The first kappa shape index (κ1) is 11.9. The molecule has 4 nitrogen and oxygen atoms in total. The van der Waals surface area contributed by atoms with Gasteiger partial charge in [0.05, 0.1) is 12.1 Å². The minimum Gasteiger partial charge on any atom is -0.394 e. The molecule has 4 heteroatoms. The summed E-state index contributed by atoms with van der Waals surface area (Å²) in [6, 6.07) is 0.345. The number of hydrogen-bond donors (Lipinski definition) is 3. The lowest BCUT2D eigenvalue weighted by Gasteiger charge is -2.28. The van der Waals surface area contributed by atoms with Gasteiger partial charge in [-0.2, -0.15) is 0 Å². The van der Waals surface area contributed by atoms with E-state index in [2.05, 4.69) is 10.6 Å². The van der Waals surface area contributed by atoms with Crippen LogP contribution in [0.2, 0.25) is 0 Å². The molecule has 1 unspecified atom stereocenters. The Labute approximate surface area is 96.8 Å². The lowest BCUT2D eigenvalue weighted by molar-refractivity contribution is -0.124. The van der Waals surface area contributed by atoms with Crippen molar-refractivity contribution in [2.24, 2.45) is 0 Å². The maximum Gasteiger partial charge on any atom is 0.222 e. The van der Waals surface area contributed by atoms with E-state index in [1.54, 1.807) is 0 Å². The molecule has 0 spiro atoms. The minimum atomic E-state index is -0.310. The van der Waals surface area contributed by atoms with E-state index in [0.29, 0.717) is 12.5 Å². The van der Waals surface area contributed by atoms with Crippen LogP contribution in [0, 0.1) is 0 Å². The molecule has 1 saturated carbocycles. The number of amides is 1. The molecule has 0 bridgehead atoms. The van der Waals surface area contributed by atoms with Gasteiger partial charge in [0, 0.05) is 12.5 Å². The van der Waals surface area contributed by atoms with Gasteiger partial charge in [0.25, 0.3) is 0 Å². The number of hydrogen-bond acceptors (Lipinski definition) is 3. The molecule has 92 valence electrons. The standard InChI is InChI=1S/C12H22N2O2/c15-9-12(5-1-2-6-12)14-11(16)8-10-4-3-7-13-10/h10,13,15H,1-9H2,(H,14,16). The SMILES string of the molecule is O=C(CC1CCCN1)NC1(CO)CCCC1. The predicted molar refractivity (Wildman–Crippen MR) is 62.1 cm³/mol. The second kappa shape index (κ2) is 5.15. The summed E-state index contributed by atoms with van der Waals surface area (Å²) in [7, 11) is 0. The van der Waals surface area contributed by atoms with E-state index in [-0.39, 0.29) is 18.1 Å². The van der Waals surface area contributed by atoms with Crippen LogP contribution < -0.4 is 10.6 Å². The summed E-state index contributed by atoms with van der Waals surface area (Å²) in [4.78, 5) is 11.9. The number of carbonyl (C=O) groups is 1. The zero-order valence-electron chi connectivity index (χ0n) is 9.80. The topological polar surface area (TPSA) is 61.4 Å². The van der Waals surface area contributed by atoms with Crippen molar-refractivity contribution in [1.29, 1.82) is 0 Å². The Hall–Kier alpha value is -0.610. The summed E-state index contributed by atoms with van der Waals surface area (Å²) in [6.45, 7) is 1.11. The Balaban J connectivity index is 1.80. The lowest BCUT2D eigenvalue weighted by Crippen LogP contribution is -2.50. The number of nitrogens with one attached hydrogen (secondary N) is 2. The van der Waals surface area contributed by atoms with Gasteiger partial charge in [-0.1, -0.05) is 12.8 Å². The molecular formula is C12H22N2O2. The second-order valence-corrected chi connectivity index (χ2v) is 5.19. The first-order valence-electron chi connectivity index (χ1n) is 6.39. The van der Waals surface area contributed by atoms with Crippen LogP contribution in [-0.2, 0) is 4.79 Å². The molecule has 0 radical (unpaired) electrons. The zero-order chi connectivity index (χ0) is 11.4. The van der Waals surface area contributed by atoms with Crippen molar-refractivity contribution in [2.75, 3.05) is 13.2 Å². The smallest absolute Gasteiger partial charge is 0.222 e. The first-order chi connectivity index (χ1) is 7.74. The molecule has 0 aromatic heterocycles. The van der Waals surface area contributed by atoms with E-state index < -0.39 is 0 Å². The van der Waals surface area contributed by atoms with Crippen LogP contribution in [0.4, 0.5) is 0 Å². The van der Waals surface area contributed by atoms with Gasteiger partial charge in [0.15, 0.2) is 0 Å². The van der Waals surface area contributed by atoms with Crippen LogP contribution in [0.1, 0.15) is 44.9 Å². The van der Waals surface area contributed by atoms with Gasteiger partial charge in [-0.3, -0.25) is 4.79 Å². The van der Waals surface area contributed by atoms with Gasteiger partial charge in [0.2, 0.25) is 5.91 Å². The van der Waals surface area contributed by atoms with Gasteiger partial charge in [0.1, 0.15) is 0 Å². The maximum absolute atomic E-state index is 11.9. The second-order valence-electron chi connectivity index (χ2n) is 5.19. The highest BCUT2D eigenvalue weighted by atomic mass is 16.3. The van der Waals surface area contributed by atoms with E-state index in [1.807, 2.05) is 0 Å². The van der Waals surface area contributed by atoms with Crippen molar-refractivity contribution < 1.29 is 9.90 Å². The minimum absolute atomic E-state index is 0.0802. The van der Waals surface area contributed by atoms with E-state index in [4.69, 9.17) is 0 Å². The Bertz CT molecular complexity index is 243. The summed E-state index contributed by atoms with van der Waals surface area (Å²) in [6.07, 6.45) is 6.90. The Morgan fingerprint density at radius 1 is 1.38 bits per heavy atom. The average Bonchev–Trinajstić information content (AvgIpc) is 2.90. The number of carbonyl (C=O) groups excluding carboxylic acids is 1. The summed E-state index contributed by atoms with van der Waals surface area (Å²) < 4.78 is 0. The highest BCUT2D eigenvalue weighted by Crippen LogP contribution is 2.29. The maximum atomic E-state index is 11.9. The van der Waals surface area contributed by atoms with E-state index in [0.717, 1.165) is 38.6 Å². The van der Waals surface area contributed by atoms with E-state index >= 15 is 0 Å². The summed E-state index contributed by atoms with van der Waals surface area (Å²) in [5, 5.41) is 15.8. The van der Waals surface area contributed by atoms with Crippen LogP contribution in [0.3, 0.4) is 0 Å². The van der Waals surface area contributed by atoms with Crippen molar-refractivity contribution in [2.45, 2.75) is 56.5 Å². The highest BCUT2D eigenvalue weighted by Gasteiger charge is 2.35. The van der Waals surface area contributed by atoms with Crippen molar-refractivity contribution in [3.63, 3.8) is 0 Å². The molecule has 1 atom stereocenters.